The van der Waals surface area contributed by atoms with Gasteiger partial charge in [-0.15, -0.1) is 0 Å². The number of halogens is 1. The van der Waals surface area contributed by atoms with Gasteiger partial charge in [0.15, 0.2) is 0 Å². The van der Waals surface area contributed by atoms with Gasteiger partial charge < -0.3 is 25.0 Å². The van der Waals surface area contributed by atoms with Gasteiger partial charge in [-0.25, -0.2) is 14.0 Å². The van der Waals surface area contributed by atoms with Crippen molar-refractivity contribution in [1.29, 1.82) is 0 Å². The standard InChI is InChI=1S/C15H20FNO2.C4H4O4/c1-10-2-3-12-13(16)4-5-14(15(10)12)19-9-11-8-17-6-7-18-11;5-3(6)1-2-4(7)8/h4-5,10-11,17H,2-3,6-9H2,1H3;1-2H,(H,5,6)(H,7,8). The Kier molecular flexibility index (Phi) is 7.75. The Bertz CT molecular complexity index is 684. The van der Waals surface area contributed by atoms with Crippen LogP contribution in [0.25, 0.3) is 0 Å². The predicted molar refractivity (Wildman–Crippen MR) is 95.7 cm³/mol. The minimum atomic E-state index is -1.26. The van der Waals surface area contributed by atoms with Crippen LogP contribution in [-0.2, 0) is 20.7 Å². The highest BCUT2D eigenvalue weighted by Crippen LogP contribution is 2.40. The molecule has 3 rings (SSSR count). The normalized spacial score (nSPS) is 21.3. The highest BCUT2D eigenvalue weighted by molar-refractivity contribution is 5.89. The molecule has 1 saturated heterocycles. The SMILES string of the molecule is CC1CCc2c(F)ccc(OCC3CNCCO3)c21.O=C(O)C=CC(=O)O. The van der Waals surface area contributed by atoms with Crippen LogP contribution in [-0.4, -0.2) is 54.6 Å². The molecular weight excluding hydrogens is 357 g/mol. The minimum absolute atomic E-state index is 0.0890. The second-order valence-corrected chi connectivity index (χ2v) is 6.40. The molecule has 0 bridgehead atoms. The maximum Gasteiger partial charge on any atom is 0.328 e. The number of hydrogen-bond donors (Lipinski definition) is 3. The number of ether oxygens (including phenoxy) is 2. The monoisotopic (exact) mass is 381 g/mol. The first kappa shape index (κ1) is 20.9. The number of rotatable bonds is 5. The van der Waals surface area contributed by atoms with Crippen molar-refractivity contribution in [2.75, 3.05) is 26.3 Å². The average Bonchev–Trinajstić information content (AvgIpc) is 3.04. The summed E-state index contributed by atoms with van der Waals surface area (Å²) >= 11 is 0. The van der Waals surface area contributed by atoms with Crippen LogP contribution in [0, 0.1) is 5.82 Å². The Balaban J connectivity index is 0.000000279. The topological polar surface area (TPSA) is 105 Å². The number of fused-ring (bicyclic) bond motifs is 1. The van der Waals surface area contributed by atoms with E-state index in [4.69, 9.17) is 19.7 Å². The number of carbonyl (C=O) groups is 2. The van der Waals surface area contributed by atoms with Gasteiger partial charge in [-0.1, -0.05) is 6.92 Å². The summed E-state index contributed by atoms with van der Waals surface area (Å²) in [6.45, 7) is 5.11. The van der Waals surface area contributed by atoms with E-state index in [-0.39, 0.29) is 11.9 Å². The van der Waals surface area contributed by atoms with Crippen molar-refractivity contribution < 1.29 is 33.7 Å². The number of aliphatic carboxylic acids is 2. The van der Waals surface area contributed by atoms with Gasteiger partial charge in [0.25, 0.3) is 0 Å². The summed E-state index contributed by atoms with van der Waals surface area (Å²) in [5.74, 6) is -1.40. The first-order valence-corrected chi connectivity index (χ1v) is 8.78. The molecule has 148 valence electrons. The van der Waals surface area contributed by atoms with Gasteiger partial charge in [0.1, 0.15) is 24.3 Å². The maximum atomic E-state index is 13.7. The number of nitrogens with one attached hydrogen (secondary N) is 1. The van der Waals surface area contributed by atoms with Gasteiger partial charge >= 0.3 is 11.9 Å². The van der Waals surface area contributed by atoms with E-state index in [0.29, 0.717) is 24.7 Å². The van der Waals surface area contributed by atoms with E-state index < -0.39 is 11.9 Å². The van der Waals surface area contributed by atoms with Crippen LogP contribution in [0.5, 0.6) is 5.75 Å². The van der Waals surface area contributed by atoms with Gasteiger partial charge in [0, 0.05) is 30.8 Å². The van der Waals surface area contributed by atoms with Crippen LogP contribution in [0.1, 0.15) is 30.4 Å². The first-order chi connectivity index (χ1) is 12.9. The number of carboxylic acid groups (broad SMARTS) is 2. The summed E-state index contributed by atoms with van der Waals surface area (Å²) in [5, 5.41) is 18.9. The van der Waals surface area contributed by atoms with Gasteiger partial charge in [-0.2, -0.15) is 0 Å². The van der Waals surface area contributed by atoms with Crippen molar-refractivity contribution in [3.8, 4) is 5.75 Å². The fourth-order valence-corrected chi connectivity index (χ4v) is 3.09. The third-order valence-corrected chi connectivity index (χ3v) is 4.38. The lowest BCUT2D eigenvalue weighted by Gasteiger charge is -2.24. The lowest BCUT2D eigenvalue weighted by Crippen LogP contribution is -2.41. The number of carboxylic acids is 2. The van der Waals surface area contributed by atoms with E-state index in [9.17, 15) is 14.0 Å². The molecule has 2 aliphatic rings. The van der Waals surface area contributed by atoms with Crippen molar-refractivity contribution in [3.05, 3.63) is 41.2 Å². The predicted octanol–water partition coefficient (Wildman–Crippen LogP) is 1.95. The molecular formula is C19H24FNO6. The largest absolute Gasteiger partial charge is 0.491 e. The Hall–Kier alpha value is -2.45. The summed E-state index contributed by atoms with van der Waals surface area (Å²) in [4.78, 5) is 19.1. The Labute approximate surface area is 156 Å². The van der Waals surface area contributed by atoms with Gasteiger partial charge in [-0.05, 0) is 36.5 Å². The summed E-state index contributed by atoms with van der Waals surface area (Å²) in [7, 11) is 0. The average molecular weight is 381 g/mol. The molecule has 2 unspecified atom stereocenters. The van der Waals surface area contributed by atoms with Crippen molar-refractivity contribution >= 4 is 11.9 Å². The molecule has 0 aromatic heterocycles. The van der Waals surface area contributed by atoms with Crippen molar-refractivity contribution in [2.24, 2.45) is 0 Å². The fourth-order valence-electron chi connectivity index (χ4n) is 3.09. The molecule has 7 nitrogen and oxygen atoms in total. The van der Waals surface area contributed by atoms with E-state index >= 15 is 0 Å². The Morgan fingerprint density at radius 2 is 2.04 bits per heavy atom. The molecule has 0 saturated carbocycles. The second kappa shape index (κ2) is 10.0. The lowest BCUT2D eigenvalue weighted by molar-refractivity contribution is -0.134. The van der Waals surface area contributed by atoms with E-state index in [2.05, 4.69) is 12.2 Å². The Morgan fingerprint density at radius 3 is 2.63 bits per heavy atom. The third-order valence-electron chi connectivity index (χ3n) is 4.38. The maximum absolute atomic E-state index is 13.7. The number of hydrogen-bond acceptors (Lipinski definition) is 5. The van der Waals surface area contributed by atoms with E-state index in [1.807, 2.05) is 0 Å². The molecule has 27 heavy (non-hydrogen) atoms. The highest BCUT2D eigenvalue weighted by Gasteiger charge is 2.26. The van der Waals surface area contributed by atoms with Crippen LogP contribution < -0.4 is 10.1 Å². The molecule has 1 aliphatic carbocycles. The zero-order valence-electron chi connectivity index (χ0n) is 15.1. The molecule has 8 heteroatoms. The molecule has 1 aliphatic heterocycles. The summed E-state index contributed by atoms with van der Waals surface area (Å²) < 4.78 is 25.2. The number of benzene rings is 1. The summed E-state index contributed by atoms with van der Waals surface area (Å²) in [5.41, 5.74) is 1.90. The van der Waals surface area contributed by atoms with Crippen LogP contribution in [0.2, 0.25) is 0 Å². The summed E-state index contributed by atoms with van der Waals surface area (Å²) in [6, 6.07) is 3.28. The van der Waals surface area contributed by atoms with E-state index in [1.165, 1.54) is 6.07 Å². The van der Waals surface area contributed by atoms with E-state index in [0.717, 1.165) is 49.4 Å². The van der Waals surface area contributed by atoms with Crippen LogP contribution in [0.4, 0.5) is 4.39 Å². The molecule has 1 aromatic rings. The van der Waals surface area contributed by atoms with Crippen molar-refractivity contribution in [1.82, 2.24) is 5.32 Å². The molecule has 1 heterocycles. The molecule has 0 spiro atoms. The molecule has 0 amide bonds. The molecule has 1 aromatic carbocycles. The molecule has 3 N–H and O–H groups in total. The van der Waals surface area contributed by atoms with E-state index in [1.54, 1.807) is 6.07 Å². The third kappa shape index (κ3) is 6.33. The molecule has 1 fully saturated rings. The smallest absolute Gasteiger partial charge is 0.328 e. The van der Waals surface area contributed by atoms with Crippen molar-refractivity contribution in [2.45, 2.75) is 31.8 Å². The zero-order chi connectivity index (χ0) is 19.8. The Morgan fingerprint density at radius 1 is 1.33 bits per heavy atom. The highest BCUT2D eigenvalue weighted by atomic mass is 19.1. The van der Waals surface area contributed by atoms with Crippen LogP contribution in [0.3, 0.4) is 0 Å². The van der Waals surface area contributed by atoms with Crippen molar-refractivity contribution in [3.63, 3.8) is 0 Å². The fraction of sp³-hybridized carbons (Fsp3) is 0.474. The zero-order valence-corrected chi connectivity index (χ0v) is 15.1. The van der Waals surface area contributed by atoms with Gasteiger partial charge in [-0.3, -0.25) is 0 Å². The second-order valence-electron chi connectivity index (χ2n) is 6.40. The number of morpholine rings is 1. The quantitative estimate of drug-likeness (QED) is 0.670. The molecule has 0 radical (unpaired) electrons. The van der Waals surface area contributed by atoms with Gasteiger partial charge in [0.2, 0.25) is 0 Å². The first-order valence-electron chi connectivity index (χ1n) is 8.78. The summed E-state index contributed by atoms with van der Waals surface area (Å²) in [6.07, 6.45) is 3.03. The molecule has 2 atom stereocenters. The van der Waals surface area contributed by atoms with Crippen LogP contribution in [0.15, 0.2) is 24.3 Å². The van der Waals surface area contributed by atoms with Gasteiger partial charge in [0.05, 0.1) is 6.61 Å². The van der Waals surface area contributed by atoms with Crippen LogP contribution >= 0.6 is 0 Å². The lowest BCUT2D eigenvalue weighted by atomic mass is 10.0. The minimum Gasteiger partial charge on any atom is -0.491 e.